The summed E-state index contributed by atoms with van der Waals surface area (Å²) >= 11 is 0. The molecule has 0 saturated heterocycles. The molecule has 140 valence electrons. The van der Waals surface area contributed by atoms with Gasteiger partial charge in [0.2, 0.25) is 5.91 Å². The van der Waals surface area contributed by atoms with E-state index in [0.29, 0.717) is 19.1 Å². The van der Waals surface area contributed by atoms with Gasteiger partial charge in [-0.25, -0.2) is 4.99 Å². The van der Waals surface area contributed by atoms with Crippen molar-refractivity contribution in [2.75, 3.05) is 32.8 Å². The number of rotatable bonds is 9. The van der Waals surface area contributed by atoms with Crippen molar-refractivity contribution in [1.82, 2.24) is 16.0 Å². The fraction of sp³-hybridized carbons (Fsp3) is 0.400. The van der Waals surface area contributed by atoms with Crippen LogP contribution >= 0.6 is 0 Å². The normalized spacial score (nSPS) is 11.2. The van der Waals surface area contributed by atoms with Crippen molar-refractivity contribution >= 4 is 22.6 Å². The Labute approximate surface area is 155 Å². The number of fused-ring (bicyclic) bond motifs is 1. The Bertz CT molecular complexity index is 731. The Kier molecular flexibility index (Phi) is 8.26. The van der Waals surface area contributed by atoms with Crippen LogP contribution in [-0.4, -0.2) is 44.7 Å². The molecule has 0 bridgehead atoms. The molecule has 2 aromatic carbocycles. The zero-order chi connectivity index (χ0) is 18.6. The van der Waals surface area contributed by atoms with Crippen LogP contribution < -0.4 is 20.7 Å². The van der Waals surface area contributed by atoms with Crippen molar-refractivity contribution in [2.45, 2.75) is 20.3 Å². The first-order chi connectivity index (χ1) is 12.7. The average molecular weight is 356 g/mol. The van der Waals surface area contributed by atoms with Gasteiger partial charge in [-0.3, -0.25) is 4.79 Å². The largest absolute Gasteiger partial charge is 0.494 e. The molecular formula is C20H28N4O2. The highest BCUT2D eigenvalue weighted by Gasteiger charge is 2.01. The van der Waals surface area contributed by atoms with Gasteiger partial charge in [0, 0.05) is 19.6 Å². The Morgan fingerprint density at radius 3 is 2.54 bits per heavy atom. The van der Waals surface area contributed by atoms with Gasteiger partial charge in [-0.05, 0) is 43.2 Å². The fourth-order valence-corrected chi connectivity index (χ4v) is 2.47. The summed E-state index contributed by atoms with van der Waals surface area (Å²) < 4.78 is 5.82. The highest BCUT2D eigenvalue weighted by atomic mass is 16.5. The number of hydrogen-bond acceptors (Lipinski definition) is 3. The molecule has 2 rings (SSSR count). The smallest absolute Gasteiger partial charge is 0.241 e. The molecule has 0 saturated carbocycles. The van der Waals surface area contributed by atoms with Crippen molar-refractivity contribution in [1.29, 1.82) is 0 Å². The van der Waals surface area contributed by atoms with Gasteiger partial charge < -0.3 is 20.7 Å². The molecule has 0 aromatic heterocycles. The van der Waals surface area contributed by atoms with Crippen LogP contribution in [0.4, 0.5) is 0 Å². The van der Waals surface area contributed by atoms with Gasteiger partial charge in [-0.2, -0.15) is 0 Å². The third-order valence-electron chi connectivity index (χ3n) is 3.70. The topological polar surface area (TPSA) is 74.8 Å². The van der Waals surface area contributed by atoms with Crippen molar-refractivity contribution in [2.24, 2.45) is 4.99 Å². The van der Waals surface area contributed by atoms with Crippen LogP contribution in [0.1, 0.15) is 20.3 Å². The summed E-state index contributed by atoms with van der Waals surface area (Å²) in [6, 6.07) is 14.3. The van der Waals surface area contributed by atoms with E-state index >= 15 is 0 Å². The lowest BCUT2D eigenvalue weighted by atomic mass is 10.1. The minimum Gasteiger partial charge on any atom is -0.494 e. The molecule has 0 aliphatic carbocycles. The minimum absolute atomic E-state index is 0.0793. The maximum absolute atomic E-state index is 11.5. The highest BCUT2D eigenvalue weighted by molar-refractivity contribution is 5.85. The first-order valence-corrected chi connectivity index (χ1v) is 9.13. The van der Waals surface area contributed by atoms with E-state index in [1.54, 1.807) is 0 Å². The maximum Gasteiger partial charge on any atom is 0.241 e. The van der Waals surface area contributed by atoms with E-state index in [2.05, 4.69) is 45.2 Å². The van der Waals surface area contributed by atoms with Crippen LogP contribution in [-0.2, 0) is 4.79 Å². The monoisotopic (exact) mass is 356 g/mol. The van der Waals surface area contributed by atoms with Gasteiger partial charge in [-0.1, -0.05) is 30.3 Å². The molecule has 0 atom stereocenters. The lowest BCUT2D eigenvalue weighted by molar-refractivity contribution is -0.119. The molecule has 0 heterocycles. The number of benzene rings is 2. The molecule has 0 fully saturated rings. The Hall–Kier alpha value is -2.76. The van der Waals surface area contributed by atoms with Crippen LogP contribution in [0.25, 0.3) is 10.8 Å². The van der Waals surface area contributed by atoms with Crippen molar-refractivity contribution in [3.63, 3.8) is 0 Å². The van der Waals surface area contributed by atoms with Gasteiger partial charge in [0.05, 0.1) is 6.61 Å². The number of aliphatic imine (C=N–C) groups is 1. The van der Waals surface area contributed by atoms with Crippen LogP contribution in [0.2, 0.25) is 0 Å². The maximum atomic E-state index is 11.5. The molecule has 26 heavy (non-hydrogen) atoms. The Morgan fingerprint density at radius 1 is 1.00 bits per heavy atom. The summed E-state index contributed by atoms with van der Waals surface area (Å²) in [7, 11) is 0. The molecule has 2 aromatic rings. The third kappa shape index (κ3) is 6.63. The van der Waals surface area contributed by atoms with E-state index in [1.165, 1.54) is 10.8 Å². The van der Waals surface area contributed by atoms with Crippen molar-refractivity contribution in [3.05, 3.63) is 42.5 Å². The number of likely N-dealkylation sites (N-methyl/N-ethyl adjacent to an activating group) is 1. The van der Waals surface area contributed by atoms with Gasteiger partial charge in [0.1, 0.15) is 12.3 Å². The van der Waals surface area contributed by atoms with Crippen LogP contribution in [0.15, 0.2) is 47.5 Å². The van der Waals surface area contributed by atoms with E-state index in [0.717, 1.165) is 25.3 Å². The number of guanidine groups is 1. The number of carbonyl (C=O) groups is 1. The summed E-state index contributed by atoms with van der Waals surface area (Å²) in [5.41, 5.74) is 0. The van der Waals surface area contributed by atoms with E-state index in [1.807, 2.05) is 32.0 Å². The summed E-state index contributed by atoms with van der Waals surface area (Å²) in [6.07, 6.45) is 0.832. The second kappa shape index (κ2) is 11.0. The number of nitrogens with zero attached hydrogens (tertiary/aromatic N) is 1. The molecule has 0 aliphatic rings. The van der Waals surface area contributed by atoms with Gasteiger partial charge in [0.15, 0.2) is 5.96 Å². The second-order valence-corrected chi connectivity index (χ2v) is 5.79. The van der Waals surface area contributed by atoms with Crippen molar-refractivity contribution in [3.8, 4) is 5.75 Å². The Balaban J connectivity index is 1.73. The van der Waals surface area contributed by atoms with E-state index in [-0.39, 0.29) is 12.5 Å². The lowest BCUT2D eigenvalue weighted by Gasteiger charge is -2.12. The molecule has 0 spiro atoms. The quantitative estimate of drug-likeness (QED) is 0.366. The van der Waals surface area contributed by atoms with E-state index in [9.17, 15) is 4.79 Å². The average Bonchev–Trinajstić information content (AvgIpc) is 2.66. The number of hydrogen-bond donors (Lipinski definition) is 3. The molecular weight excluding hydrogens is 328 g/mol. The zero-order valence-electron chi connectivity index (χ0n) is 15.5. The predicted octanol–water partition coefficient (Wildman–Crippen LogP) is 2.30. The van der Waals surface area contributed by atoms with E-state index < -0.39 is 0 Å². The predicted molar refractivity (Wildman–Crippen MR) is 107 cm³/mol. The summed E-state index contributed by atoms with van der Waals surface area (Å²) in [6.45, 7) is 6.69. The van der Waals surface area contributed by atoms with Crippen LogP contribution in [0.5, 0.6) is 5.75 Å². The first kappa shape index (κ1) is 19.6. The SMILES string of the molecule is CCNC(=O)CN=C(NCC)NCCCOc1ccc2ccccc2c1. The minimum atomic E-state index is -0.0793. The van der Waals surface area contributed by atoms with Crippen LogP contribution in [0, 0.1) is 0 Å². The molecule has 0 aliphatic heterocycles. The highest BCUT2D eigenvalue weighted by Crippen LogP contribution is 2.20. The first-order valence-electron chi connectivity index (χ1n) is 9.13. The van der Waals surface area contributed by atoms with Gasteiger partial charge in [-0.15, -0.1) is 0 Å². The summed E-state index contributed by atoms with van der Waals surface area (Å²) in [5, 5.41) is 11.5. The molecule has 1 amide bonds. The number of amides is 1. The zero-order valence-corrected chi connectivity index (χ0v) is 15.5. The Morgan fingerprint density at radius 2 is 1.77 bits per heavy atom. The molecule has 0 unspecified atom stereocenters. The van der Waals surface area contributed by atoms with E-state index in [4.69, 9.17) is 4.74 Å². The van der Waals surface area contributed by atoms with Crippen LogP contribution in [0.3, 0.4) is 0 Å². The third-order valence-corrected chi connectivity index (χ3v) is 3.70. The van der Waals surface area contributed by atoms with Gasteiger partial charge >= 0.3 is 0 Å². The molecule has 0 radical (unpaired) electrons. The van der Waals surface area contributed by atoms with Crippen molar-refractivity contribution < 1.29 is 9.53 Å². The lowest BCUT2D eigenvalue weighted by Crippen LogP contribution is -2.39. The van der Waals surface area contributed by atoms with Gasteiger partial charge in [0.25, 0.3) is 0 Å². The summed E-state index contributed by atoms with van der Waals surface area (Å²) in [5.74, 6) is 1.44. The molecule has 6 heteroatoms. The molecule has 3 N–H and O–H groups in total. The molecule has 6 nitrogen and oxygen atoms in total. The number of nitrogens with one attached hydrogen (secondary N) is 3. The number of carbonyl (C=O) groups excluding carboxylic acids is 1. The summed E-state index contributed by atoms with van der Waals surface area (Å²) in [4.78, 5) is 15.7. The number of ether oxygens (including phenoxy) is 1. The fourth-order valence-electron chi connectivity index (χ4n) is 2.47. The standard InChI is InChI=1S/C20H28N4O2/c1-3-21-19(25)15-24-20(22-4-2)23-12-7-13-26-18-11-10-16-8-5-6-9-17(16)14-18/h5-6,8-11,14H,3-4,7,12-13,15H2,1-2H3,(H,21,25)(H2,22,23,24). The second-order valence-electron chi connectivity index (χ2n) is 5.79.